The Kier molecular flexibility index (Phi) is 3.40. The van der Waals surface area contributed by atoms with E-state index < -0.39 is 0 Å². The van der Waals surface area contributed by atoms with Crippen LogP contribution in [-0.4, -0.2) is 0 Å². The van der Waals surface area contributed by atoms with E-state index in [4.69, 9.17) is 5.26 Å². The van der Waals surface area contributed by atoms with Gasteiger partial charge in [0.1, 0.15) is 16.8 Å². The van der Waals surface area contributed by atoms with Crippen LogP contribution >= 0.6 is 11.3 Å². The van der Waals surface area contributed by atoms with Gasteiger partial charge in [0.2, 0.25) is 0 Å². The lowest BCUT2D eigenvalue weighted by molar-refractivity contribution is 0.619. The van der Waals surface area contributed by atoms with Gasteiger partial charge in [0, 0.05) is 22.7 Å². The number of rotatable bonds is 3. The second kappa shape index (κ2) is 4.98. The molecule has 0 bridgehead atoms. The first-order valence-electron chi connectivity index (χ1n) is 5.18. The van der Waals surface area contributed by atoms with Gasteiger partial charge in [0.05, 0.1) is 0 Å². The standard InChI is InChI=1S/C13H11FN2S/c1-9-12(14)3-2-4-13(9)16-8-11-6-5-10(7-15)17-11/h2-6,16H,8H2,1H3. The molecule has 0 amide bonds. The lowest BCUT2D eigenvalue weighted by Crippen LogP contribution is -2.00. The van der Waals surface area contributed by atoms with Crippen molar-refractivity contribution in [3.8, 4) is 6.07 Å². The molecule has 17 heavy (non-hydrogen) atoms. The maximum absolute atomic E-state index is 13.3. The molecule has 0 saturated carbocycles. The largest absolute Gasteiger partial charge is 0.380 e. The molecule has 0 aliphatic rings. The first kappa shape index (κ1) is 11.6. The van der Waals surface area contributed by atoms with Gasteiger partial charge in [-0.15, -0.1) is 11.3 Å². The molecule has 0 unspecified atom stereocenters. The summed E-state index contributed by atoms with van der Waals surface area (Å²) in [6.45, 7) is 2.35. The average molecular weight is 246 g/mol. The van der Waals surface area contributed by atoms with Crippen LogP contribution in [0.2, 0.25) is 0 Å². The number of thiophene rings is 1. The van der Waals surface area contributed by atoms with Crippen molar-refractivity contribution in [3.05, 3.63) is 51.5 Å². The Balaban J connectivity index is 2.07. The Bertz CT molecular complexity index is 569. The number of hydrogen-bond acceptors (Lipinski definition) is 3. The fraction of sp³-hybridized carbons (Fsp3) is 0.154. The number of hydrogen-bond donors (Lipinski definition) is 1. The zero-order chi connectivity index (χ0) is 12.3. The molecule has 2 nitrogen and oxygen atoms in total. The molecule has 0 aliphatic heterocycles. The number of nitrogens with zero attached hydrogens (tertiary/aromatic N) is 1. The zero-order valence-corrected chi connectivity index (χ0v) is 10.1. The maximum Gasteiger partial charge on any atom is 0.128 e. The van der Waals surface area contributed by atoms with Gasteiger partial charge in [-0.05, 0) is 31.2 Å². The first-order chi connectivity index (χ1) is 8.20. The molecule has 0 spiro atoms. The van der Waals surface area contributed by atoms with Gasteiger partial charge < -0.3 is 5.32 Å². The zero-order valence-electron chi connectivity index (χ0n) is 9.33. The summed E-state index contributed by atoms with van der Waals surface area (Å²) in [4.78, 5) is 1.75. The Morgan fingerprint density at radius 1 is 1.35 bits per heavy atom. The third kappa shape index (κ3) is 2.63. The van der Waals surface area contributed by atoms with Crippen LogP contribution in [0.1, 0.15) is 15.3 Å². The highest BCUT2D eigenvalue weighted by molar-refractivity contribution is 7.12. The normalized spacial score (nSPS) is 9.94. The van der Waals surface area contributed by atoms with Crippen LogP contribution in [0.15, 0.2) is 30.3 Å². The number of anilines is 1. The summed E-state index contributed by atoms with van der Waals surface area (Å²) in [7, 11) is 0. The third-order valence-electron chi connectivity index (χ3n) is 2.49. The molecule has 0 atom stereocenters. The monoisotopic (exact) mass is 246 g/mol. The summed E-state index contributed by atoms with van der Waals surface area (Å²) in [6.07, 6.45) is 0. The Labute approximate surface area is 103 Å². The van der Waals surface area contributed by atoms with E-state index in [2.05, 4.69) is 11.4 Å². The van der Waals surface area contributed by atoms with Gasteiger partial charge in [-0.25, -0.2) is 4.39 Å². The van der Waals surface area contributed by atoms with Crippen molar-refractivity contribution in [1.82, 2.24) is 0 Å². The lowest BCUT2D eigenvalue weighted by Gasteiger charge is -2.08. The molecule has 0 saturated heterocycles. The quantitative estimate of drug-likeness (QED) is 0.896. The van der Waals surface area contributed by atoms with E-state index in [-0.39, 0.29) is 5.82 Å². The van der Waals surface area contributed by atoms with Crippen LogP contribution in [-0.2, 0) is 6.54 Å². The smallest absolute Gasteiger partial charge is 0.128 e. The van der Waals surface area contributed by atoms with Crippen molar-refractivity contribution in [2.45, 2.75) is 13.5 Å². The fourth-order valence-corrected chi connectivity index (χ4v) is 2.26. The van der Waals surface area contributed by atoms with Gasteiger partial charge in [-0.3, -0.25) is 0 Å². The highest BCUT2D eigenvalue weighted by Gasteiger charge is 2.04. The van der Waals surface area contributed by atoms with Gasteiger partial charge >= 0.3 is 0 Å². The molecule has 1 aromatic heterocycles. The molecule has 1 aromatic carbocycles. The van der Waals surface area contributed by atoms with Gasteiger partial charge in [-0.1, -0.05) is 6.07 Å². The molecule has 4 heteroatoms. The first-order valence-corrected chi connectivity index (χ1v) is 6.00. The fourth-order valence-electron chi connectivity index (χ4n) is 1.51. The Morgan fingerprint density at radius 3 is 2.88 bits per heavy atom. The highest BCUT2D eigenvalue weighted by atomic mass is 32.1. The Morgan fingerprint density at radius 2 is 2.18 bits per heavy atom. The molecule has 0 aliphatic carbocycles. The van der Waals surface area contributed by atoms with E-state index in [1.807, 2.05) is 12.1 Å². The number of nitrogens with one attached hydrogen (secondary N) is 1. The van der Waals surface area contributed by atoms with Crippen molar-refractivity contribution in [1.29, 1.82) is 5.26 Å². The van der Waals surface area contributed by atoms with Gasteiger partial charge in [0.25, 0.3) is 0 Å². The maximum atomic E-state index is 13.3. The van der Waals surface area contributed by atoms with Gasteiger partial charge in [0.15, 0.2) is 0 Å². The van der Waals surface area contributed by atoms with Crippen LogP contribution in [0.5, 0.6) is 0 Å². The SMILES string of the molecule is Cc1c(F)cccc1NCc1ccc(C#N)s1. The summed E-state index contributed by atoms with van der Waals surface area (Å²) < 4.78 is 13.3. The molecule has 0 radical (unpaired) electrons. The predicted octanol–water partition coefficient (Wildman–Crippen LogP) is 3.68. The van der Waals surface area contributed by atoms with Crippen molar-refractivity contribution in [2.75, 3.05) is 5.32 Å². The minimum Gasteiger partial charge on any atom is -0.380 e. The van der Waals surface area contributed by atoms with Crippen LogP contribution in [0.3, 0.4) is 0 Å². The highest BCUT2D eigenvalue weighted by Crippen LogP contribution is 2.20. The van der Waals surface area contributed by atoms with E-state index in [0.717, 1.165) is 10.6 Å². The second-order valence-corrected chi connectivity index (χ2v) is 4.81. The van der Waals surface area contributed by atoms with E-state index in [0.29, 0.717) is 17.0 Å². The van der Waals surface area contributed by atoms with E-state index >= 15 is 0 Å². The molecule has 1 heterocycles. The average Bonchev–Trinajstić information content (AvgIpc) is 2.79. The van der Waals surface area contributed by atoms with Crippen molar-refractivity contribution in [2.24, 2.45) is 0 Å². The van der Waals surface area contributed by atoms with Crippen LogP contribution < -0.4 is 5.32 Å². The summed E-state index contributed by atoms with van der Waals surface area (Å²) in [5.74, 6) is -0.209. The third-order valence-corrected chi connectivity index (χ3v) is 3.48. The molecule has 0 fully saturated rings. The number of benzene rings is 1. The summed E-state index contributed by atoms with van der Waals surface area (Å²) in [5, 5.41) is 11.9. The summed E-state index contributed by atoms with van der Waals surface area (Å²) in [5.41, 5.74) is 1.40. The molecule has 2 aromatic rings. The number of nitriles is 1. The number of halogens is 1. The van der Waals surface area contributed by atoms with Gasteiger partial charge in [-0.2, -0.15) is 5.26 Å². The molecule has 2 rings (SSSR count). The van der Waals surface area contributed by atoms with Crippen LogP contribution in [0, 0.1) is 24.1 Å². The van der Waals surface area contributed by atoms with E-state index in [1.54, 1.807) is 19.1 Å². The predicted molar refractivity (Wildman–Crippen MR) is 67.5 cm³/mol. The summed E-state index contributed by atoms with van der Waals surface area (Å²) >= 11 is 1.44. The molecule has 86 valence electrons. The molecule has 1 N–H and O–H groups in total. The van der Waals surface area contributed by atoms with Crippen molar-refractivity contribution < 1.29 is 4.39 Å². The van der Waals surface area contributed by atoms with E-state index in [1.165, 1.54) is 17.4 Å². The van der Waals surface area contributed by atoms with Crippen LogP contribution in [0.4, 0.5) is 10.1 Å². The Hall–Kier alpha value is -1.86. The minimum absolute atomic E-state index is 0.209. The lowest BCUT2D eigenvalue weighted by atomic mass is 10.2. The van der Waals surface area contributed by atoms with Crippen molar-refractivity contribution in [3.63, 3.8) is 0 Å². The van der Waals surface area contributed by atoms with Crippen molar-refractivity contribution >= 4 is 17.0 Å². The van der Waals surface area contributed by atoms with E-state index in [9.17, 15) is 4.39 Å². The minimum atomic E-state index is -0.209. The molecular weight excluding hydrogens is 235 g/mol. The topological polar surface area (TPSA) is 35.8 Å². The van der Waals surface area contributed by atoms with Crippen LogP contribution in [0.25, 0.3) is 0 Å². The molecular formula is C13H11FN2S. The second-order valence-electron chi connectivity index (χ2n) is 3.64. The summed E-state index contributed by atoms with van der Waals surface area (Å²) in [6, 6.07) is 10.8.